The molecule has 5 N–H and O–H groups in total. The van der Waals surface area contributed by atoms with Crippen molar-refractivity contribution in [2.45, 2.75) is 56.7 Å². The number of fused-ring (bicyclic) bond motifs is 1. The van der Waals surface area contributed by atoms with Crippen LogP contribution in [0.15, 0.2) is 24.4 Å². The summed E-state index contributed by atoms with van der Waals surface area (Å²) in [5.74, 6) is -0.0995. The topological polar surface area (TPSA) is 127 Å². The molecular formula is C22H26Cl2N6O2. The van der Waals surface area contributed by atoms with Crippen molar-refractivity contribution < 1.29 is 9.59 Å². The van der Waals surface area contributed by atoms with Gasteiger partial charge in [-0.3, -0.25) is 9.59 Å². The Kier molecular flexibility index (Phi) is 6.83. The molecule has 1 aromatic carbocycles. The molecule has 1 saturated heterocycles. The van der Waals surface area contributed by atoms with Crippen LogP contribution in [0.25, 0.3) is 0 Å². The number of aromatic nitrogens is 2. The van der Waals surface area contributed by atoms with E-state index < -0.39 is 12.1 Å². The summed E-state index contributed by atoms with van der Waals surface area (Å²) in [7, 11) is 0. The van der Waals surface area contributed by atoms with E-state index in [0.717, 1.165) is 36.1 Å². The fourth-order valence-corrected chi connectivity index (χ4v) is 4.79. The van der Waals surface area contributed by atoms with Gasteiger partial charge in [-0.05, 0) is 61.8 Å². The fourth-order valence-electron chi connectivity index (χ4n) is 4.47. The van der Waals surface area contributed by atoms with Gasteiger partial charge in [0, 0.05) is 24.5 Å². The number of nitrogens with two attached hydrogens (primary N) is 2. The number of likely N-dealkylation sites (tertiary alicyclic amines) is 1. The van der Waals surface area contributed by atoms with Gasteiger partial charge in [0.1, 0.15) is 6.04 Å². The average Bonchev–Trinajstić information content (AvgIpc) is 3.26. The molecule has 3 atom stereocenters. The molecule has 0 spiro atoms. The maximum atomic E-state index is 13.0. The summed E-state index contributed by atoms with van der Waals surface area (Å²) in [4.78, 5) is 36.0. The molecule has 32 heavy (non-hydrogen) atoms. The summed E-state index contributed by atoms with van der Waals surface area (Å²) in [6, 6.07) is 3.91. The third-order valence-corrected chi connectivity index (χ3v) is 6.85. The zero-order valence-corrected chi connectivity index (χ0v) is 19.1. The number of amides is 2. The molecule has 0 radical (unpaired) electrons. The van der Waals surface area contributed by atoms with Crippen molar-refractivity contribution in [1.29, 1.82) is 0 Å². The molecule has 4 rings (SSSR count). The Labute approximate surface area is 196 Å². The van der Waals surface area contributed by atoms with Gasteiger partial charge in [0.15, 0.2) is 0 Å². The lowest BCUT2D eigenvalue weighted by molar-refractivity contribution is -0.139. The van der Waals surface area contributed by atoms with Crippen LogP contribution in [0, 0.1) is 0 Å². The lowest BCUT2D eigenvalue weighted by atomic mass is 9.92. The lowest BCUT2D eigenvalue weighted by Crippen LogP contribution is -2.53. The minimum Gasteiger partial charge on any atom is -0.368 e. The molecule has 1 fully saturated rings. The van der Waals surface area contributed by atoms with Crippen LogP contribution in [0.1, 0.15) is 36.1 Å². The number of hydrogen-bond acceptors (Lipinski definition) is 6. The van der Waals surface area contributed by atoms with Crippen molar-refractivity contribution in [2.75, 3.05) is 12.3 Å². The molecule has 1 aliphatic heterocycles. The average molecular weight is 477 g/mol. The summed E-state index contributed by atoms with van der Waals surface area (Å²) in [6.07, 6.45) is 5.59. The number of benzene rings is 1. The van der Waals surface area contributed by atoms with E-state index in [-0.39, 0.29) is 23.8 Å². The standard InChI is InChI=1S/C22H26Cl2N6O2/c23-15-5-3-12(8-16(15)24)9-17(25)21(32)30-7-1-2-19(30)20(31)28-14-4-6-18-13(10-14)11-27-22(26)29-18/h3,5,8,11,14,17,19H,1-2,4,6-7,9-10,25H2,(H,28,31)(H2,26,27,29)/t14?,17-,19?/m1/s1. The van der Waals surface area contributed by atoms with Gasteiger partial charge in [-0.25, -0.2) is 9.97 Å². The van der Waals surface area contributed by atoms with Gasteiger partial charge in [-0.1, -0.05) is 29.3 Å². The van der Waals surface area contributed by atoms with Crippen LogP contribution in [-0.4, -0.2) is 51.4 Å². The van der Waals surface area contributed by atoms with Crippen LogP contribution in [0.2, 0.25) is 10.0 Å². The summed E-state index contributed by atoms with van der Waals surface area (Å²) >= 11 is 12.0. The number of rotatable bonds is 5. The molecule has 0 bridgehead atoms. The van der Waals surface area contributed by atoms with Gasteiger partial charge in [0.05, 0.1) is 16.1 Å². The third kappa shape index (κ3) is 4.98. The molecule has 2 amide bonds. The van der Waals surface area contributed by atoms with Crippen molar-refractivity contribution in [3.8, 4) is 0 Å². The Bertz CT molecular complexity index is 1030. The second-order valence-corrected chi connectivity index (χ2v) is 9.21. The predicted octanol–water partition coefficient (Wildman–Crippen LogP) is 1.90. The first-order valence-electron chi connectivity index (χ1n) is 10.7. The highest BCUT2D eigenvalue weighted by atomic mass is 35.5. The normalized spacial score (nSPS) is 21.2. The first-order valence-corrected chi connectivity index (χ1v) is 11.5. The number of aryl methyl sites for hydroxylation is 1. The highest BCUT2D eigenvalue weighted by Gasteiger charge is 2.37. The zero-order valence-electron chi connectivity index (χ0n) is 17.6. The Hall–Kier alpha value is -2.42. The molecular weight excluding hydrogens is 451 g/mol. The van der Waals surface area contributed by atoms with Crippen LogP contribution >= 0.6 is 23.2 Å². The van der Waals surface area contributed by atoms with E-state index in [9.17, 15) is 9.59 Å². The number of nitrogen functional groups attached to an aromatic ring is 1. The lowest BCUT2D eigenvalue weighted by Gasteiger charge is -2.30. The number of hydrogen-bond donors (Lipinski definition) is 3. The van der Waals surface area contributed by atoms with Crippen LogP contribution in [-0.2, 0) is 28.9 Å². The number of nitrogens with zero attached hydrogens (tertiary/aromatic N) is 3. The van der Waals surface area contributed by atoms with Crippen LogP contribution < -0.4 is 16.8 Å². The Morgan fingerprint density at radius 1 is 1.25 bits per heavy atom. The highest BCUT2D eigenvalue weighted by Crippen LogP contribution is 2.25. The second-order valence-electron chi connectivity index (χ2n) is 8.40. The molecule has 0 saturated carbocycles. The van der Waals surface area contributed by atoms with E-state index in [0.29, 0.717) is 35.9 Å². The number of anilines is 1. The van der Waals surface area contributed by atoms with Crippen LogP contribution in [0.5, 0.6) is 0 Å². The maximum absolute atomic E-state index is 13.0. The van der Waals surface area contributed by atoms with Crippen molar-refractivity contribution in [3.63, 3.8) is 0 Å². The summed E-state index contributed by atoms with van der Waals surface area (Å²) in [5.41, 5.74) is 14.6. The summed E-state index contributed by atoms with van der Waals surface area (Å²) < 4.78 is 0. The molecule has 170 valence electrons. The minimum absolute atomic E-state index is 0.0235. The second kappa shape index (κ2) is 9.60. The smallest absolute Gasteiger partial charge is 0.243 e. The van der Waals surface area contributed by atoms with Gasteiger partial charge in [0.2, 0.25) is 17.8 Å². The van der Waals surface area contributed by atoms with Crippen molar-refractivity contribution >= 4 is 41.0 Å². The zero-order chi connectivity index (χ0) is 22.8. The molecule has 10 heteroatoms. The number of carbonyl (C=O) groups is 2. The quantitative estimate of drug-likeness (QED) is 0.604. The van der Waals surface area contributed by atoms with Crippen LogP contribution in [0.3, 0.4) is 0 Å². The van der Waals surface area contributed by atoms with E-state index in [2.05, 4.69) is 15.3 Å². The molecule has 1 aromatic heterocycles. The van der Waals surface area contributed by atoms with E-state index in [1.807, 2.05) is 0 Å². The molecule has 2 heterocycles. The summed E-state index contributed by atoms with van der Waals surface area (Å²) in [6.45, 7) is 0.520. The van der Waals surface area contributed by atoms with Crippen molar-refractivity contribution in [1.82, 2.24) is 20.2 Å². The number of nitrogens with one attached hydrogen (secondary N) is 1. The summed E-state index contributed by atoms with van der Waals surface area (Å²) in [5, 5.41) is 3.98. The van der Waals surface area contributed by atoms with E-state index >= 15 is 0 Å². The molecule has 2 unspecified atom stereocenters. The van der Waals surface area contributed by atoms with E-state index in [1.165, 1.54) is 0 Å². The Morgan fingerprint density at radius 3 is 2.84 bits per heavy atom. The molecule has 2 aromatic rings. The number of carbonyl (C=O) groups excluding carboxylic acids is 2. The first-order chi connectivity index (χ1) is 15.3. The monoisotopic (exact) mass is 476 g/mol. The van der Waals surface area contributed by atoms with Crippen molar-refractivity contribution in [2.24, 2.45) is 5.73 Å². The first kappa shape index (κ1) is 22.8. The predicted molar refractivity (Wildman–Crippen MR) is 123 cm³/mol. The molecule has 1 aliphatic carbocycles. The largest absolute Gasteiger partial charge is 0.368 e. The highest BCUT2D eigenvalue weighted by molar-refractivity contribution is 6.42. The number of halogens is 2. The van der Waals surface area contributed by atoms with Crippen LogP contribution in [0.4, 0.5) is 5.95 Å². The van der Waals surface area contributed by atoms with Gasteiger partial charge in [-0.2, -0.15) is 0 Å². The molecule has 8 nitrogen and oxygen atoms in total. The van der Waals surface area contributed by atoms with E-state index in [4.69, 9.17) is 34.7 Å². The SMILES string of the molecule is Nc1ncc2c(n1)CCC(NC(=O)C1CCCN1C(=O)[C@H](N)Cc1ccc(Cl)c(Cl)c1)C2. The van der Waals surface area contributed by atoms with Gasteiger partial charge >= 0.3 is 0 Å². The van der Waals surface area contributed by atoms with Crippen molar-refractivity contribution in [3.05, 3.63) is 51.3 Å². The Morgan fingerprint density at radius 2 is 2.06 bits per heavy atom. The minimum atomic E-state index is -0.759. The van der Waals surface area contributed by atoms with Gasteiger partial charge in [0.25, 0.3) is 0 Å². The van der Waals surface area contributed by atoms with Gasteiger partial charge in [-0.15, -0.1) is 0 Å². The Balaban J connectivity index is 1.37. The third-order valence-electron chi connectivity index (χ3n) is 6.11. The van der Waals surface area contributed by atoms with Gasteiger partial charge < -0.3 is 21.7 Å². The van der Waals surface area contributed by atoms with E-state index in [1.54, 1.807) is 29.3 Å². The fraction of sp³-hybridized carbons (Fsp3) is 0.455. The maximum Gasteiger partial charge on any atom is 0.243 e. The molecule has 2 aliphatic rings.